The summed E-state index contributed by atoms with van der Waals surface area (Å²) in [6, 6.07) is 15.9. The molecule has 0 amide bonds. The quantitative estimate of drug-likeness (QED) is 0.863. The molecule has 0 unspecified atom stereocenters. The van der Waals surface area contributed by atoms with Crippen molar-refractivity contribution in [2.75, 3.05) is 26.3 Å². The molecule has 0 saturated carbocycles. The van der Waals surface area contributed by atoms with Gasteiger partial charge in [0.25, 0.3) is 0 Å². The molecular formula is C17H20N2O2. The maximum Gasteiger partial charge on any atom is 0.135 e. The molecule has 21 heavy (non-hydrogen) atoms. The maximum absolute atomic E-state index is 6.02. The van der Waals surface area contributed by atoms with E-state index in [-0.39, 0.29) is 6.10 Å². The van der Waals surface area contributed by atoms with E-state index in [1.807, 2.05) is 48.7 Å². The van der Waals surface area contributed by atoms with Gasteiger partial charge in [-0.05, 0) is 24.3 Å². The second kappa shape index (κ2) is 7.20. The molecule has 110 valence electrons. The Bertz CT molecular complexity index is 484. The SMILES string of the molecule is c1ccc(O[C@H]2COCCN(Cc3ccccn3)C2)cc1. The third-order valence-electron chi connectivity index (χ3n) is 3.48. The molecule has 1 fully saturated rings. The molecule has 3 rings (SSSR count). The van der Waals surface area contributed by atoms with Gasteiger partial charge in [0.05, 0.1) is 18.9 Å². The molecule has 0 aliphatic carbocycles. The summed E-state index contributed by atoms with van der Waals surface area (Å²) in [5.41, 5.74) is 1.08. The van der Waals surface area contributed by atoms with E-state index in [0.29, 0.717) is 6.61 Å². The highest BCUT2D eigenvalue weighted by Gasteiger charge is 2.20. The third-order valence-corrected chi connectivity index (χ3v) is 3.48. The molecule has 1 aliphatic heterocycles. The summed E-state index contributed by atoms with van der Waals surface area (Å²) in [5.74, 6) is 0.894. The Labute approximate surface area is 125 Å². The van der Waals surface area contributed by atoms with E-state index in [2.05, 4.69) is 16.0 Å². The van der Waals surface area contributed by atoms with Crippen LogP contribution >= 0.6 is 0 Å². The Balaban J connectivity index is 1.61. The van der Waals surface area contributed by atoms with Gasteiger partial charge in [-0.3, -0.25) is 9.88 Å². The van der Waals surface area contributed by atoms with Crippen LogP contribution in [-0.2, 0) is 11.3 Å². The highest BCUT2D eigenvalue weighted by molar-refractivity contribution is 5.21. The molecule has 1 aliphatic rings. The van der Waals surface area contributed by atoms with Crippen LogP contribution < -0.4 is 4.74 Å². The minimum absolute atomic E-state index is 0.0543. The average Bonchev–Trinajstić information content (AvgIpc) is 2.74. The van der Waals surface area contributed by atoms with Gasteiger partial charge >= 0.3 is 0 Å². The van der Waals surface area contributed by atoms with Crippen LogP contribution in [0.3, 0.4) is 0 Å². The van der Waals surface area contributed by atoms with E-state index in [4.69, 9.17) is 9.47 Å². The van der Waals surface area contributed by atoms with Crippen molar-refractivity contribution in [3.05, 3.63) is 60.4 Å². The Morgan fingerprint density at radius 2 is 2.00 bits per heavy atom. The molecule has 1 aromatic carbocycles. The fraction of sp³-hybridized carbons (Fsp3) is 0.353. The summed E-state index contributed by atoms with van der Waals surface area (Å²) >= 11 is 0. The monoisotopic (exact) mass is 284 g/mol. The maximum atomic E-state index is 6.02. The molecule has 1 atom stereocenters. The lowest BCUT2D eigenvalue weighted by Crippen LogP contribution is -2.35. The molecule has 4 nitrogen and oxygen atoms in total. The summed E-state index contributed by atoms with van der Waals surface area (Å²) in [7, 11) is 0. The first-order valence-electron chi connectivity index (χ1n) is 7.32. The highest BCUT2D eigenvalue weighted by atomic mass is 16.5. The minimum atomic E-state index is 0.0543. The normalized spacial score (nSPS) is 19.9. The van der Waals surface area contributed by atoms with Gasteiger partial charge in [-0.15, -0.1) is 0 Å². The number of ether oxygens (including phenoxy) is 2. The number of aromatic nitrogens is 1. The van der Waals surface area contributed by atoms with E-state index in [1.54, 1.807) is 0 Å². The van der Waals surface area contributed by atoms with Gasteiger partial charge in [0.15, 0.2) is 0 Å². The first-order valence-corrected chi connectivity index (χ1v) is 7.32. The molecule has 2 aromatic rings. The Morgan fingerprint density at radius 1 is 1.14 bits per heavy atom. The van der Waals surface area contributed by atoms with Gasteiger partial charge in [0, 0.05) is 25.8 Å². The van der Waals surface area contributed by atoms with Crippen molar-refractivity contribution in [2.24, 2.45) is 0 Å². The highest BCUT2D eigenvalue weighted by Crippen LogP contribution is 2.14. The summed E-state index contributed by atoms with van der Waals surface area (Å²) in [5, 5.41) is 0. The molecule has 1 saturated heterocycles. The molecule has 2 heterocycles. The Hall–Kier alpha value is -1.91. The lowest BCUT2D eigenvalue weighted by molar-refractivity contribution is 0.0710. The van der Waals surface area contributed by atoms with E-state index in [1.165, 1.54) is 0 Å². The fourth-order valence-corrected chi connectivity index (χ4v) is 2.47. The van der Waals surface area contributed by atoms with E-state index in [9.17, 15) is 0 Å². The van der Waals surface area contributed by atoms with Crippen molar-refractivity contribution in [1.29, 1.82) is 0 Å². The molecule has 0 bridgehead atoms. The number of hydrogen-bond donors (Lipinski definition) is 0. The Kier molecular flexibility index (Phi) is 4.82. The lowest BCUT2D eigenvalue weighted by Gasteiger charge is -2.23. The van der Waals surface area contributed by atoms with E-state index >= 15 is 0 Å². The van der Waals surface area contributed by atoms with Crippen molar-refractivity contribution >= 4 is 0 Å². The van der Waals surface area contributed by atoms with Crippen LogP contribution in [0.4, 0.5) is 0 Å². The van der Waals surface area contributed by atoms with Gasteiger partial charge in [-0.1, -0.05) is 24.3 Å². The summed E-state index contributed by atoms with van der Waals surface area (Å²) in [6.45, 7) is 3.96. The zero-order chi connectivity index (χ0) is 14.3. The first-order chi connectivity index (χ1) is 10.4. The van der Waals surface area contributed by atoms with Gasteiger partial charge < -0.3 is 9.47 Å². The summed E-state index contributed by atoms with van der Waals surface area (Å²) in [6.07, 6.45) is 1.89. The summed E-state index contributed by atoms with van der Waals surface area (Å²) < 4.78 is 11.7. The fourth-order valence-electron chi connectivity index (χ4n) is 2.47. The van der Waals surface area contributed by atoms with Crippen LogP contribution in [0.1, 0.15) is 5.69 Å². The number of benzene rings is 1. The van der Waals surface area contributed by atoms with Crippen LogP contribution in [0.25, 0.3) is 0 Å². The molecule has 0 N–H and O–H groups in total. The molecule has 4 heteroatoms. The van der Waals surface area contributed by atoms with Crippen LogP contribution in [-0.4, -0.2) is 42.3 Å². The Morgan fingerprint density at radius 3 is 2.81 bits per heavy atom. The molecular weight excluding hydrogens is 264 g/mol. The van der Waals surface area contributed by atoms with Gasteiger partial charge in [0.1, 0.15) is 11.9 Å². The number of hydrogen-bond acceptors (Lipinski definition) is 4. The largest absolute Gasteiger partial charge is 0.487 e. The second-order valence-electron chi connectivity index (χ2n) is 5.18. The molecule has 1 aromatic heterocycles. The van der Waals surface area contributed by atoms with Crippen molar-refractivity contribution in [3.8, 4) is 5.75 Å². The topological polar surface area (TPSA) is 34.6 Å². The average molecular weight is 284 g/mol. The lowest BCUT2D eigenvalue weighted by atomic mass is 10.3. The van der Waals surface area contributed by atoms with Crippen LogP contribution in [0, 0.1) is 0 Å². The molecule has 0 spiro atoms. The van der Waals surface area contributed by atoms with Crippen LogP contribution in [0.5, 0.6) is 5.75 Å². The van der Waals surface area contributed by atoms with Gasteiger partial charge in [0.2, 0.25) is 0 Å². The standard InChI is InChI=1S/C17H20N2O2/c1-2-7-16(8-3-1)21-17-13-19(10-11-20-14-17)12-15-6-4-5-9-18-15/h1-9,17H,10-14H2/t17-/m1/s1. The number of pyridine rings is 1. The van der Waals surface area contributed by atoms with E-state index < -0.39 is 0 Å². The number of nitrogens with zero attached hydrogens (tertiary/aromatic N) is 2. The predicted octanol–water partition coefficient (Wildman–Crippen LogP) is 2.36. The van der Waals surface area contributed by atoms with E-state index in [0.717, 1.165) is 37.7 Å². The van der Waals surface area contributed by atoms with Crippen LogP contribution in [0.15, 0.2) is 54.7 Å². The van der Waals surface area contributed by atoms with Crippen molar-refractivity contribution in [2.45, 2.75) is 12.6 Å². The van der Waals surface area contributed by atoms with Crippen LogP contribution in [0.2, 0.25) is 0 Å². The van der Waals surface area contributed by atoms with Gasteiger partial charge in [-0.2, -0.15) is 0 Å². The predicted molar refractivity (Wildman–Crippen MR) is 81.2 cm³/mol. The van der Waals surface area contributed by atoms with Gasteiger partial charge in [-0.25, -0.2) is 0 Å². The van der Waals surface area contributed by atoms with Crippen molar-refractivity contribution in [1.82, 2.24) is 9.88 Å². The minimum Gasteiger partial charge on any atom is -0.487 e. The number of para-hydroxylation sites is 1. The zero-order valence-corrected chi connectivity index (χ0v) is 12.0. The molecule has 0 radical (unpaired) electrons. The zero-order valence-electron chi connectivity index (χ0n) is 12.0. The van der Waals surface area contributed by atoms with Crippen molar-refractivity contribution in [3.63, 3.8) is 0 Å². The van der Waals surface area contributed by atoms with Crippen molar-refractivity contribution < 1.29 is 9.47 Å². The smallest absolute Gasteiger partial charge is 0.135 e. The number of rotatable bonds is 4. The third kappa shape index (κ3) is 4.28. The summed E-state index contributed by atoms with van der Waals surface area (Å²) in [4.78, 5) is 6.73. The second-order valence-corrected chi connectivity index (χ2v) is 5.18. The first kappa shape index (κ1) is 14.0.